The van der Waals surface area contributed by atoms with Gasteiger partial charge < -0.3 is 15.4 Å². The number of nitrogens with zero attached hydrogens (tertiary/aromatic N) is 2. The molecule has 0 spiro atoms. The number of nitrogens with one attached hydrogen (secondary N) is 2. The molecule has 0 atom stereocenters. The van der Waals surface area contributed by atoms with Crippen LogP contribution in [0.15, 0.2) is 36.7 Å². The Balaban J connectivity index is 1.78. The molecule has 5 nitrogen and oxygen atoms in total. The summed E-state index contributed by atoms with van der Waals surface area (Å²) in [4.78, 5) is 8.54. The first kappa shape index (κ1) is 15.1. The second kappa shape index (κ2) is 8.09. The molecule has 1 aromatic heterocycles. The van der Waals surface area contributed by atoms with Crippen LogP contribution in [0.5, 0.6) is 5.75 Å². The Morgan fingerprint density at radius 3 is 2.57 bits per heavy atom. The molecular formula is C16H22N4O. The van der Waals surface area contributed by atoms with E-state index >= 15 is 0 Å². The summed E-state index contributed by atoms with van der Waals surface area (Å²) >= 11 is 0. The van der Waals surface area contributed by atoms with Crippen LogP contribution < -0.4 is 15.4 Å². The van der Waals surface area contributed by atoms with Gasteiger partial charge in [-0.25, -0.2) is 9.97 Å². The van der Waals surface area contributed by atoms with Gasteiger partial charge in [0, 0.05) is 19.2 Å². The lowest BCUT2D eigenvalue weighted by Crippen LogP contribution is -2.11. The molecular weight excluding hydrogens is 264 g/mol. The Morgan fingerprint density at radius 1 is 1.10 bits per heavy atom. The minimum atomic E-state index is 0.683. The van der Waals surface area contributed by atoms with Crippen LogP contribution in [0.4, 0.5) is 11.6 Å². The maximum absolute atomic E-state index is 5.66. The third kappa shape index (κ3) is 4.34. The standard InChI is InChI=1S/C16H22N4O/c1-3-14-15(17-2)19-12-20-16(14)18-10-7-11-21-13-8-5-4-6-9-13/h4-6,8-9,12H,3,7,10-11H2,1-2H3,(H2,17,18,19,20). The van der Waals surface area contributed by atoms with Gasteiger partial charge in [-0.3, -0.25) is 0 Å². The van der Waals surface area contributed by atoms with E-state index < -0.39 is 0 Å². The van der Waals surface area contributed by atoms with Gasteiger partial charge in [-0.2, -0.15) is 0 Å². The summed E-state index contributed by atoms with van der Waals surface area (Å²) in [6.45, 7) is 3.60. The fourth-order valence-corrected chi connectivity index (χ4v) is 2.10. The van der Waals surface area contributed by atoms with Crippen LogP contribution in [0.2, 0.25) is 0 Å². The van der Waals surface area contributed by atoms with Crippen LogP contribution in [0.1, 0.15) is 18.9 Å². The highest BCUT2D eigenvalue weighted by Gasteiger charge is 2.07. The lowest BCUT2D eigenvalue weighted by atomic mass is 10.2. The lowest BCUT2D eigenvalue weighted by molar-refractivity contribution is 0.315. The Labute approximate surface area is 125 Å². The van der Waals surface area contributed by atoms with Crippen molar-refractivity contribution in [3.05, 3.63) is 42.2 Å². The van der Waals surface area contributed by atoms with Crippen molar-refractivity contribution in [2.24, 2.45) is 0 Å². The van der Waals surface area contributed by atoms with E-state index in [1.54, 1.807) is 6.33 Å². The van der Waals surface area contributed by atoms with Gasteiger partial charge >= 0.3 is 0 Å². The summed E-state index contributed by atoms with van der Waals surface area (Å²) in [5.41, 5.74) is 1.11. The molecule has 0 saturated heterocycles. The van der Waals surface area contributed by atoms with E-state index in [2.05, 4.69) is 27.5 Å². The van der Waals surface area contributed by atoms with Crippen molar-refractivity contribution >= 4 is 11.6 Å². The fourth-order valence-electron chi connectivity index (χ4n) is 2.10. The molecule has 1 heterocycles. The van der Waals surface area contributed by atoms with Crippen molar-refractivity contribution in [3.8, 4) is 5.75 Å². The molecule has 1 aromatic carbocycles. The zero-order chi connectivity index (χ0) is 14.9. The SMILES string of the molecule is CCc1c(NC)ncnc1NCCCOc1ccccc1. The van der Waals surface area contributed by atoms with Crippen LogP contribution in [0.3, 0.4) is 0 Å². The summed E-state index contributed by atoms with van der Waals surface area (Å²) in [6.07, 6.45) is 3.38. The minimum absolute atomic E-state index is 0.683. The molecule has 0 radical (unpaired) electrons. The lowest BCUT2D eigenvalue weighted by Gasteiger charge is -2.13. The highest BCUT2D eigenvalue weighted by molar-refractivity contribution is 5.56. The Morgan fingerprint density at radius 2 is 1.86 bits per heavy atom. The smallest absolute Gasteiger partial charge is 0.134 e. The van der Waals surface area contributed by atoms with E-state index in [-0.39, 0.29) is 0 Å². The first-order valence-corrected chi connectivity index (χ1v) is 7.28. The van der Waals surface area contributed by atoms with Crippen LogP contribution in [0.25, 0.3) is 0 Å². The van der Waals surface area contributed by atoms with Gasteiger partial charge in [0.15, 0.2) is 0 Å². The second-order valence-electron chi connectivity index (χ2n) is 4.59. The van der Waals surface area contributed by atoms with Gasteiger partial charge in [0.2, 0.25) is 0 Å². The largest absolute Gasteiger partial charge is 0.494 e. The third-order valence-corrected chi connectivity index (χ3v) is 3.16. The molecule has 2 aromatic rings. The second-order valence-corrected chi connectivity index (χ2v) is 4.59. The molecule has 0 bridgehead atoms. The molecule has 0 aliphatic rings. The van der Waals surface area contributed by atoms with Crippen LogP contribution in [-0.4, -0.2) is 30.2 Å². The molecule has 0 unspecified atom stereocenters. The van der Waals surface area contributed by atoms with Crippen molar-refractivity contribution in [1.82, 2.24) is 9.97 Å². The molecule has 21 heavy (non-hydrogen) atoms. The quantitative estimate of drug-likeness (QED) is 0.731. The summed E-state index contributed by atoms with van der Waals surface area (Å²) in [7, 11) is 1.87. The molecule has 2 rings (SSSR count). The molecule has 0 saturated carbocycles. The highest BCUT2D eigenvalue weighted by atomic mass is 16.5. The number of hydrogen-bond donors (Lipinski definition) is 2. The average Bonchev–Trinajstić information content (AvgIpc) is 2.55. The number of rotatable bonds is 8. The zero-order valence-electron chi connectivity index (χ0n) is 12.6. The van der Waals surface area contributed by atoms with E-state index in [0.29, 0.717) is 6.61 Å². The maximum atomic E-state index is 5.66. The first-order valence-electron chi connectivity index (χ1n) is 7.28. The predicted molar refractivity (Wildman–Crippen MR) is 86.0 cm³/mol. The van der Waals surface area contributed by atoms with Gasteiger partial charge in [0.1, 0.15) is 23.7 Å². The topological polar surface area (TPSA) is 59.1 Å². The average molecular weight is 286 g/mol. The normalized spacial score (nSPS) is 10.2. The molecule has 0 fully saturated rings. The molecule has 0 amide bonds. The van der Waals surface area contributed by atoms with Gasteiger partial charge in [0.05, 0.1) is 6.61 Å². The van der Waals surface area contributed by atoms with Gasteiger partial charge in [0.25, 0.3) is 0 Å². The van der Waals surface area contributed by atoms with Crippen molar-refractivity contribution in [2.75, 3.05) is 30.8 Å². The monoisotopic (exact) mass is 286 g/mol. The number of anilines is 2. The molecule has 5 heteroatoms. The summed E-state index contributed by atoms with van der Waals surface area (Å²) < 4.78 is 5.66. The maximum Gasteiger partial charge on any atom is 0.134 e. The molecule has 0 aliphatic heterocycles. The van der Waals surface area contributed by atoms with E-state index in [0.717, 1.165) is 42.3 Å². The number of aromatic nitrogens is 2. The van der Waals surface area contributed by atoms with Crippen LogP contribution >= 0.6 is 0 Å². The van der Waals surface area contributed by atoms with Crippen molar-refractivity contribution in [3.63, 3.8) is 0 Å². The van der Waals surface area contributed by atoms with E-state index in [1.165, 1.54) is 0 Å². The summed E-state index contributed by atoms with van der Waals surface area (Å²) in [5, 5.41) is 6.45. The predicted octanol–water partition coefficient (Wildman–Crippen LogP) is 2.96. The molecule has 112 valence electrons. The Kier molecular flexibility index (Phi) is 5.82. The fraction of sp³-hybridized carbons (Fsp3) is 0.375. The number of hydrogen-bond acceptors (Lipinski definition) is 5. The summed E-state index contributed by atoms with van der Waals surface area (Å²) in [5.74, 6) is 2.69. The van der Waals surface area contributed by atoms with Gasteiger partial charge in [-0.1, -0.05) is 25.1 Å². The number of para-hydroxylation sites is 1. The van der Waals surface area contributed by atoms with Gasteiger partial charge in [-0.05, 0) is 25.0 Å². The highest BCUT2D eigenvalue weighted by Crippen LogP contribution is 2.19. The van der Waals surface area contributed by atoms with E-state index in [1.807, 2.05) is 37.4 Å². The van der Waals surface area contributed by atoms with E-state index in [4.69, 9.17) is 4.74 Å². The van der Waals surface area contributed by atoms with Crippen molar-refractivity contribution in [2.45, 2.75) is 19.8 Å². The van der Waals surface area contributed by atoms with Gasteiger partial charge in [-0.15, -0.1) is 0 Å². The molecule has 0 aliphatic carbocycles. The van der Waals surface area contributed by atoms with Crippen LogP contribution in [-0.2, 0) is 6.42 Å². The Bertz CT molecular complexity index is 545. The zero-order valence-corrected chi connectivity index (χ0v) is 12.6. The molecule has 2 N–H and O–H groups in total. The summed E-state index contributed by atoms with van der Waals surface area (Å²) in [6, 6.07) is 9.86. The van der Waals surface area contributed by atoms with Crippen molar-refractivity contribution in [1.29, 1.82) is 0 Å². The van der Waals surface area contributed by atoms with E-state index in [9.17, 15) is 0 Å². The first-order chi connectivity index (χ1) is 10.3. The number of benzene rings is 1. The van der Waals surface area contributed by atoms with Crippen LogP contribution in [0, 0.1) is 0 Å². The van der Waals surface area contributed by atoms with Crippen molar-refractivity contribution < 1.29 is 4.74 Å². The third-order valence-electron chi connectivity index (χ3n) is 3.16. The Hall–Kier alpha value is -2.30. The minimum Gasteiger partial charge on any atom is -0.494 e. The number of ether oxygens (including phenoxy) is 1.